The average molecular weight is 236 g/mol. The van der Waals surface area contributed by atoms with Gasteiger partial charge in [0.2, 0.25) is 0 Å². The van der Waals surface area contributed by atoms with E-state index in [9.17, 15) is 9.59 Å². The second-order valence-corrected chi connectivity index (χ2v) is 4.99. The summed E-state index contributed by atoms with van der Waals surface area (Å²) in [5.74, 6) is 0.0521. The van der Waals surface area contributed by atoms with E-state index in [4.69, 9.17) is 4.74 Å². The fraction of sp³-hybridized carbons (Fsp3) is 0.714. The molecule has 2 rings (SSSR count). The van der Waals surface area contributed by atoms with E-state index in [-0.39, 0.29) is 11.4 Å². The monoisotopic (exact) mass is 236 g/mol. The predicted octanol–water partition coefficient (Wildman–Crippen LogP) is 2.79. The van der Waals surface area contributed by atoms with Crippen LogP contribution in [-0.4, -0.2) is 18.4 Å². The Bertz CT molecular complexity index is 356. The Labute approximate surface area is 102 Å². The molecule has 2 fully saturated rings. The number of rotatable bonds is 2. The Hall–Kier alpha value is -1.12. The van der Waals surface area contributed by atoms with E-state index in [0.717, 1.165) is 44.1 Å². The summed E-state index contributed by atoms with van der Waals surface area (Å²) >= 11 is 0. The van der Waals surface area contributed by atoms with Crippen LogP contribution < -0.4 is 0 Å². The third kappa shape index (κ3) is 2.28. The number of esters is 1. The van der Waals surface area contributed by atoms with Crippen LogP contribution in [0.15, 0.2) is 11.6 Å². The first-order chi connectivity index (χ1) is 8.19. The topological polar surface area (TPSA) is 43.4 Å². The molecule has 3 nitrogen and oxygen atoms in total. The SMILES string of the molecule is CCOC(=O)/C=C1\CCCCC12CCCC2=O. The van der Waals surface area contributed by atoms with Crippen LogP contribution in [-0.2, 0) is 14.3 Å². The molecule has 94 valence electrons. The first kappa shape index (κ1) is 12.3. The molecule has 0 aliphatic heterocycles. The van der Waals surface area contributed by atoms with Gasteiger partial charge >= 0.3 is 5.97 Å². The van der Waals surface area contributed by atoms with Gasteiger partial charge in [-0.05, 0) is 44.6 Å². The molecule has 0 N–H and O–H groups in total. The van der Waals surface area contributed by atoms with Gasteiger partial charge < -0.3 is 4.74 Å². The fourth-order valence-corrected chi connectivity index (χ4v) is 3.21. The predicted molar refractivity (Wildman–Crippen MR) is 64.5 cm³/mol. The van der Waals surface area contributed by atoms with Crippen molar-refractivity contribution in [1.82, 2.24) is 0 Å². The van der Waals surface area contributed by atoms with E-state index in [0.29, 0.717) is 18.8 Å². The number of hydrogen-bond donors (Lipinski definition) is 0. The number of ether oxygens (including phenoxy) is 1. The number of carbonyl (C=O) groups excluding carboxylic acids is 2. The summed E-state index contributed by atoms with van der Waals surface area (Å²) in [7, 11) is 0. The van der Waals surface area contributed by atoms with Crippen LogP contribution >= 0.6 is 0 Å². The zero-order valence-electron chi connectivity index (χ0n) is 10.5. The molecule has 2 saturated carbocycles. The summed E-state index contributed by atoms with van der Waals surface area (Å²) < 4.78 is 4.96. The van der Waals surface area contributed by atoms with Gasteiger partial charge in [-0.1, -0.05) is 6.42 Å². The minimum Gasteiger partial charge on any atom is -0.463 e. The quantitative estimate of drug-likeness (QED) is 0.547. The lowest BCUT2D eigenvalue weighted by molar-refractivity contribution is -0.137. The zero-order chi connectivity index (χ0) is 12.3. The molecule has 1 spiro atoms. The molecule has 0 aromatic rings. The molecule has 2 aliphatic carbocycles. The maximum absolute atomic E-state index is 12.1. The molecule has 0 aromatic heterocycles. The molecule has 0 radical (unpaired) electrons. The Balaban J connectivity index is 2.23. The first-order valence-electron chi connectivity index (χ1n) is 6.60. The smallest absolute Gasteiger partial charge is 0.330 e. The van der Waals surface area contributed by atoms with Gasteiger partial charge in [-0.15, -0.1) is 0 Å². The van der Waals surface area contributed by atoms with Crippen LogP contribution in [0.3, 0.4) is 0 Å². The maximum atomic E-state index is 12.1. The summed E-state index contributed by atoms with van der Waals surface area (Å²) in [6.45, 7) is 2.19. The van der Waals surface area contributed by atoms with Gasteiger partial charge in [-0.2, -0.15) is 0 Å². The summed E-state index contributed by atoms with van der Waals surface area (Å²) in [5.41, 5.74) is 0.732. The van der Waals surface area contributed by atoms with Gasteiger partial charge in [0.25, 0.3) is 0 Å². The molecule has 17 heavy (non-hydrogen) atoms. The largest absolute Gasteiger partial charge is 0.463 e. The fourth-order valence-electron chi connectivity index (χ4n) is 3.21. The minimum atomic E-state index is -0.301. The number of ketones is 1. The zero-order valence-corrected chi connectivity index (χ0v) is 10.5. The van der Waals surface area contributed by atoms with Crippen LogP contribution in [0.2, 0.25) is 0 Å². The van der Waals surface area contributed by atoms with Gasteiger partial charge in [0.1, 0.15) is 5.78 Å². The normalized spacial score (nSPS) is 31.1. The Morgan fingerprint density at radius 2 is 2.06 bits per heavy atom. The Kier molecular flexibility index (Phi) is 3.65. The van der Waals surface area contributed by atoms with Crippen molar-refractivity contribution >= 4 is 11.8 Å². The molecule has 0 aromatic carbocycles. The van der Waals surface area contributed by atoms with Crippen LogP contribution in [0.1, 0.15) is 51.9 Å². The summed E-state index contributed by atoms with van der Waals surface area (Å²) in [6.07, 6.45) is 8.16. The standard InChI is InChI=1S/C14H20O3/c1-2-17-13(16)10-11-6-3-4-8-14(11)9-5-7-12(14)15/h10H,2-9H2,1H3/b11-10+. The molecule has 1 unspecified atom stereocenters. The lowest BCUT2D eigenvalue weighted by atomic mass is 9.68. The number of carbonyl (C=O) groups is 2. The maximum Gasteiger partial charge on any atom is 0.330 e. The van der Waals surface area contributed by atoms with E-state index in [1.54, 1.807) is 13.0 Å². The van der Waals surface area contributed by atoms with Crippen molar-refractivity contribution in [3.05, 3.63) is 11.6 Å². The molecular formula is C14H20O3. The Morgan fingerprint density at radius 3 is 2.71 bits per heavy atom. The molecule has 0 amide bonds. The van der Waals surface area contributed by atoms with Crippen molar-refractivity contribution in [3.8, 4) is 0 Å². The lowest BCUT2D eigenvalue weighted by Crippen LogP contribution is -2.31. The van der Waals surface area contributed by atoms with Crippen LogP contribution in [0, 0.1) is 5.41 Å². The van der Waals surface area contributed by atoms with Crippen molar-refractivity contribution < 1.29 is 14.3 Å². The highest BCUT2D eigenvalue weighted by Crippen LogP contribution is 2.49. The van der Waals surface area contributed by atoms with E-state index < -0.39 is 0 Å². The van der Waals surface area contributed by atoms with Crippen LogP contribution in [0.4, 0.5) is 0 Å². The minimum absolute atomic E-state index is 0.288. The van der Waals surface area contributed by atoms with Crippen molar-refractivity contribution in [2.24, 2.45) is 5.41 Å². The van der Waals surface area contributed by atoms with Crippen molar-refractivity contribution in [2.45, 2.75) is 51.9 Å². The highest BCUT2D eigenvalue weighted by molar-refractivity contribution is 5.92. The third-order valence-electron chi connectivity index (χ3n) is 4.03. The summed E-state index contributed by atoms with van der Waals surface area (Å²) in [6, 6.07) is 0. The summed E-state index contributed by atoms with van der Waals surface area (Å²) in [4.78, 5) is 23.7. The van der Waals surface area contributed by atoms with E-state index in [1.165, 1.54) is 0 Å². The highest BCUT2D eigenvalue weighted by atomic mass is 16.5. The van der Waals surface area contributed by atoms with Gasteiger partial charge in [-0.3, -0.25) is 4.79 Å². The van der Waals surface area contributed by atoms with E-state index in [2.05, 4.69) is 0 Å². The molecule has 3 heteroatoms. The Morgan fingerprint density at radius 1 is 1.29 bits per heavy atom. The van der Waals surface area contributed by atoms with Gasteiger partial charge in [0, 0.05) is 12.5 Å². The molecule has 0 heterocycles. The third-order valence-corrected chi connectivity index (χ3v) is 4.03. The second kappa shape index (κ2) is 5.03. The molecule has 1 atom stereocenters. The van der Waals surface area contributed by atoms with Crippen molar-refractivity contribution in [3.63, 3.8) is 0 Å². The van der Waals surface area contributed by atoms with Gasteiger partial charge in [0.15, 0.2) is 0 Å². The number of Topliss-reactive ketones (excluding diaryl/α,β-unsaturated/α-hetero) is 1. The lowest BCUT2D eigenvalue weighted by Gasteiger charge is -2.34. The number of hydrogen-bond acceptors (Lipinski definition) is 3. The molecule has 2 aliphatic rings. The second-order valence-electron chi connectivity index (χ2n) is 4.99. The van der Waals surface area contributed by atoms with Gasteiger partial charge in [0.05, 0.1) is 12.0 Å². The first-order valence-corrected chi connectivity index (χ1v) is 6.60. The summed E-state index contributed by atoms with van der Waals surface area (Å²) in [5, 5.41) is 0. The average Bonchev–Trinajstić information content (AvgIpc) is 2.65. The van der Waals surface area contributed by atoms with Gasteiger partial charge in [-0.25, -0.2) is 4.79 Å². The van der Waals surface area contributed by atoms with E-state index >= 15 is 0 Å². The van der Waals surface area contributed by atoms with Crippen LogP contribution in [0.25, 0.3) is 0 Å². The van der Waals surface area contributed by atoms with Crippen molar-refractivity contribution in [1.29, 1.82) is 0 Å². The molecular weight excluding hydrogens is 216 g/mol. The van der Waals surface area contributed by atoms with Crippen molar-refractivity contribution in [2.75, 3.05) is 6.61 Å². The molecule has 0 saturated heterocycles. The number of allylic oxidation sites excluding steroid dienone is 1. The molecule has 0 bridgehead atoms. The van der Waals surface area contributed by atoms with E-state index in [1.807, 2.05) is 0 Å². The van der Waals surface area contributed by atoms with Crippen LogP contribution in [0.5, 0.6) is 0 Å². The highest BCUT2D eigenvalue weighted by Gasteiger charge is 2.45.